The molecular weight excluding hydrogens is 1470 g/mol. The molecule has 0 unspecified atom stereocenters. The number of furan rings is 3. The van der Waals surface area contributed by atoms with Gasteiger partial charge in [0.1, 0.15) is 33.5 Å². The lowest BCUT2D eigenvalue weighted by atomic mass is 9.85. The van der Waals surface area contributed by atoms with Crippen molar-refractivity contribution < 1.29 is 13.3 Å². The molecule has 0 saturated heterocycles. The van der Waals surface area contributed by atoms with Gasteiger partial charge in [-0.3, -0.25) is 0 Å². The van der Waals surface area contributed by atoms with Gasteiger partial charge in [-0.1, -0.05) is 358 Å². The highest BCUT2D eigenvalue weighted by atomic mass is 16.3. The molecule has 3 heterocycles. The van der Waals surface area contributed by atoms with Crippen LogP contribution in [0.5, 0.6) is 0 Å². The van der Waals surface area contributed by atoms with Crippen LogP contribution in [0.1, 0.15) is 0 Å². The molecule has 3 heteroatoms. The van der Waals surface area contributed by atoms with Crippen molar-refractivity contribution >= 4 is 174 Å². The maximum absolute atomic E-state index is 6.34. The van der Waals surface area contributed by atoms with Gasteiger partial charge in [0, 0.05) is 32.3 Å². The molecule has 0 fully saturated rings. The number of benzene rings is 23. The molecule has 3 aromatic heterocycles. The Morgan fingerprint density at radius 3 is 0.595 bits per heavy atom. The zero-order valence-electron chi connectivity index (χ0n) is 65.8. The molecule has 0 aliphatic carbocycles. The molecule has 0 N–H and O–H groups in total. The topological polar surface area (TPSA) is 39.4 Å². The number of fused-ring (bicyclic) bond motifs is 19. The largest absolute Gasteiger partial charge is 0.456 e. The Balaban J connectivity index is 0.000000103. The third kappa shape index (κ3) is 11.7. The molecular formula is C118H72O3. The molecule has 0 radical (unpaired) electrons. The van der Waals surface area contributed by atoms with E-state index < -0.39 is 0 Å². The highest BCUT2D eigenvalue weighted by Crippen LogP contribution is 2.50. The van der Waals surface area contributed by atoms with Crippen molar-refractivity contribution in [1.29, 1.82) is 0 Å². The van der Waals surface area contributed by atoms with E-state index in [9.17, 15) is 0 Å². The van der Waals surface area contributed by atoms with Gasteiger partial charge < -0.3 is 13.3 Å². The SMILES string of the molecule is c1ccc(-c2c3ccccc3c(-c3ccc4oc5cc6ccccc6cc5c4c3)c3ccccc23)cc1.c1ccc(-c2ccc(-c3c4ccccc4c(-c4ccc5oc6cc7ccccc7cc6c5c4)c4ccccc34)cc2)cc1.c1ccc2cc(-c3c4ccccc4c(-c4ccc5oc6cc7ccccc7cc6c5c4)c4ccccc34)ccc2c1. The highest BCUT2D eigenvalue weighted by molar-refractivity contribution is 6.27. The average Bonchev–Trinajstić information content (AvgIpc) is 1.66. The molecule has 0 bridgehead atoms. The summed E-state index contributed by atoms with van der Waals surface area (Å²) in [6.45, 7) is 0. The first-order chi connectivity index (χ1) is 60.0. The van der Waals surface area contributed by atoms with E-state index in [1.54, 1.807) is 0 Å². The van der Waals surface area contributed by atoms with Crippen molar-refractivity contribution in [2.75, 3.05) is 0 Å². The van der Waals surface area contributed by atoms with Crippen LogP contribution >= 0.6 is 0 Å². The van der Waals surface area contributed by atoms with Crippen LogP contribution in [-0.2, 0) is 0 Å². The van der Waals surface area contributed by atoms with Crippen LogP contribution in [0.15, 0.2) is 450 Å². The van der Waals surface area contributed by atoms with Crippen molar-refractivity contribution in [3.8, 4) is 77.9 Å². The summed E-state index contributed by atoms with van der Waals surface area (Å²) in [7, 11) is 0. The molecule has 26 rings (SSSR count). The van der Waals surface area contributed by atoms with Gasteiger partial charge in [0.25, 0.3) is 0 Å². The monoisotopic (exact) mass is 1540 g/mol. The van der Waals surface area contributed by atoms with E-state index >= 15 is 0 Å². The maximum Gasteiger partial charge on any atom is 0.136 e. The van der Waals surface area contributed by atoms with Crippen LogP contribution in [0.25, 0.3) is 251 Å². The van der Waals surface area contributed by atoms with Gasteiger partial charge >= 0.3 is 0 Å². The number of hydrogen-bond donors (Lipinski definition) is 0. The molecule has 0 saturated carbocycles. The smallest absolute Gasteiger partial charge is 0.136 e. The summed E-state index contributed by atoms with van der Waals surface area (Å²) < 4.78 is 19.0. The van der Waals surface area contributed by atoms with Crippen LogP contribution in [0.2, 0.25) is 0 Å². The van der Waals surface area contributed by atoms with E-state index in [1.165, 1.54) is 186 Å². The zero-order chi connectivity index (χ0) is 79.6. The summed E-state index contributed by atoms with van der Waals surface area (Å²) in [5, 5.41) is 31.8. The first kappa shape index (κ1) is 69.4. The van der Waals surface area contributed by atoms with E-state index in [4.69, 9.17) is 13.3 Å². The second-order valence-electron chi connectivity index (χ2n) is 31.9. The van der Waals surface area contributed by atoms with Gasteiger partial charge in [0.05, 0.1) is 0 Å². The molecule has 0 atom stereocenters. The summed E-state index contributed by atoms with van der Waals surface area (Å²) in [5.41, 5.74) is 22.9. The van der Waals surface area contributed by atoms with Crippen molar-refractivity contribution in [3.05, 3.63) is 437 Å². The molecule has 121 heavy (non-hydrogen) atoms. The summed E-state index contributed by atoms with van der Waals surface area (Å²) in [6, 6.07) is 157. The van der Waals surface area contributed by atoms with Crippen molar-refractivity contribution in [2.45, 2.75) is 0 Å². The van der Waals surface area contributed by atoms with E-state index in [0.717, 1.165) is 65.8 Å². The zero-order valence-corrected chi connectivity index (χ0v) is 65.8. The summed E-state index contributed by atoms with van der Waals surface area (Å²) >= 11 is 0. The summed E-state index contributed by atoms with van der Waals surface area (Å²) in [6.07, 6.45) is 0. The molecule has 0 aliphatic heterocycles. The van der Waals surface area contributed by atoms with Crippen LogP contribution < -0.4 is 0 Å². The average molecular weight is 1540 g/mol. The van der Waals surface area contributed by atoms with Crippen molar-refractivity contribution in [3.63, 3.8) is 0 Å². The minimum absolute atomic E-state index is 0.915. The van der Waals surface area contributed by atoms with Crippen molar-refractivity contribution in [2.24, 2.45) is 0 Å². The predicted molar refractivity (Wildman–Crippen MR) is 514 cm³/mol. The fourth-order valence-electron chi connectivity index (χ4n) is 19.5. The molecule has 0 spiro atoms. The van der Waals surface area contributed by atoms with Gasteiger partial charge in [-0.25, -0.2) is 0 Å². The first-order valence-corrected chi connectivity index (χ1v) is 41.6. The summed E-state index contributed by atoms with van der Waals surface area (Å²) in [4.78, 5) is 0. The predicted octanol–water partition coefficient (Wildman–Crippen LogP) is 34.0. The summed E-state index contributed by atoms with van der Waals surface area (Å²) in [5.74, 6) is 0. The third-order valence-corrected chi connectivity index (χ3v) is 25.1. The fourth-order valence-corrected chi connectivity index (χ4v) is 19.5. The van der Waals surface area contributed by atoms with Gasteiger partial charge in [-0.2, -0.15) is 0 Å². The second-order valence-corrected chi connectivity index (χ2v) is 31.9. The van der Waals surface area contributed by atoms with Gasteiger partial charge in [0.15, 0.2) is 0 Å². The van der Waals surface area contributed by atoms with Crippen molar-refractivity contribution in [1.82, 2.24) is 0 Å². The molecule has 562 valence electrons. The molecule has 26 aromatic rings. The van der Waals surface area contributed by atoms with E-state index in [1.807, 2.05) is 0 Å². The Hall–Kier alpha value is -15.9. The minimum atomic E-state index is 0.915. The molecule has 3 nitrogen and oxygen atoms in total. The number of hydrogen-bond acceptors (Lipinski definition) is 3. The van der Waals surface area contributed by atoms with Crippen LogP contribution in [0, 0.1) is 0 Å². The molecule has 23 aromatic carbocycles. The fraction of sp³-hybridized carbons (Fsp3) is 0. The van der Waals surface area contributed by atoms with E-state index in [0.29, 0.717) is 0 Å². The van der Waals surface area contributed by atoms with Gasteiger partial charge in [-0.15, -0.1) is 0 Å². The number of rotatable bonds is 7. The van der Waals surface area contributed by atoms with Crippen LogP contribution in [0.4, 0.5) is 0 Å². The van der Waals surface area contributed by atoms with E-state index in [-0.39, 0.29) is 0 Å². The quantitative estimate of drug-likeness (QED) is 0.149. The maximum atomic E-state index is 6.34. The van der Waals surface area contributed by atoms with E-state index in [2.05, 4.69) is 437 Å². The first-order valence-electron chi connectivity index (χ1n) is 41.6. The van der Waals surface area contributed by atoms with Gasteiger partial charge in [0.2, 0.25) is 0 Å². The van der Waals surface area contributed by atoms with Gasteiger partial charge in [-0.05, 0) is 264 Å². The Kier molecular flexibility index (Phi) is 16.3. The molecule has 0 amide bonds. The Labute approximate surface area is 696 Å². The Morgan fingerprint density at radius 2 is 0.289 bits per heavy atom. The Morgan fingerprint density at radius 1 is 0.0992 bits per heavy atom. The lowest BCUT2D eigenvalue weighted by molar-refractivity contribution is 0.669. The van der Waals surface area contributed by atoms with Crippen LogP contribution in [0.3, 0.4) is 0 Å². The lowest BCUT2D eigenvalue weighted by Gasteiger charge is -2.18. The van der Waals surface area contributed by atoms with Crippen LogP contribution in [-0.4, -0.2) is 0 Å². The second kappa shape index (κ2) is 28.5. The minimum Gasteiger partial charge on any atom is -0.456 e. The standard InChI is InChI=1S/C42H26O.C40H24O.C36H22O/c1-2-10-27(11-3-1)28-18-20-29(21-19-28)41-33-14-6-8-16-35(33)42(36-17-9-7-15-34(36)41)32-22-23-39-37(25-32)38-24-30-12-4-5-13-31(30)26-40(38)43-39;1-2-10-26-21-29(18-17-25(26)9-1)39-31-13-5-7-15-33(31)40(34-16-8-6-14-32(34)39)30-19-20-37-35(23-30)36-22-27-11-3-4-12-28(27)24-38(36)41-37;1-2-10-23(11-3-1)35-27-14-6-8-16-29(27)36(30-17-9-7-15-28(30)35)26-18-19-33-31(21-26)32-20-24-12-4-5-13-25(24)22-34(32)37-33/h1-26H;1-24H;1-22H. The highest BCUT2D eigenvalue weighted by Gasteiger charge is 2.24. The Bertz CT molecular complexity index is 8530. The lowest BCUT2D eigenvalue weighted by Crippen LogP contribution is -1.91. The third-order valence-electron chi connectivity index (χ3n) is 25.1. The normalized spacial score (nSPS) is 11.8. The molecule has 0 aliphatic rings.